The Bertz CT molecular complexity index is 932. The molecular weight excluding hydrogens is 399 g/mol. The molecule has 0 saturated carbocycles. The highest BCUT2D eigenvalue weighted by Gasteiger charge is 2.31. The van der Waals surface area contributed by atoms with Gasteiger partial charge in [-0.15, -0.1) is 24.5 Å². The first-order valence-corrected chi connectivity index (χ1v) is 9.37. The second-order valence-electron chi connectivity index (χ2n) is 5.36. The zero-order chi connectivity index (χ0) is 19.4. The number of hydrogen-bond donors (Lipinski definition) is 1. The standard InChI is InChI=1S/C18H12F3NO3S2/c19-18(20,21)25-13-3-1-11(2-4-13)17(24)22-9-14-5-6-15(27-14)16(23)12-7-8-26-10-12/h1-8,10H,9H2,(H,22,24). The van der Waals surface area contributed by atoms with E-state index >= 15 is 0 Å². The van der Waals surface area contributed by atoms with Crippen LogP contribution in [0.3, 0.4) is 0 Å². The fourth-order valence-electron chi connectivity index (χ4n) is 2.21. The van der Waals surface area contributed by atoms with Crippen LogP contribution in [0.5, 0.6) is 5.75 Å². The first-order valence-electron chi connectivity index (χ1n) is 7.61. The first-order chi connectivity index (χ1) is 12.8. The molecule has 0 aliphatic carbocycles. The van der Waals surface area contributed by atoms with Gasteiger partial charge >= 0.3 is 6.36 Å². The molecule has 27 heavy (non-hydrogen) atoms. The van der Waals surface area contributed by atoms with E-state index in [0.29, 0.717) is 10.4 Å². The number of hydrogen-bond acceptors (Lipinski definition) is 5. The van der Waals surface area contributed by atoms with Gasteiger partial charge in [-0.25, -0.2) is 0 Å². The van der Waals surface area contributed by atoms with Crippen molar-refractivity contribution >= 4 is 34.4 Å². The molecule has 2 heterocycles. The summed E-state index contributed by atoms with van der Waals surface area (Å²) in [7, 11) is 0. The van der Waals surface area contributed by atoms with E-state index in [1.807, 2.05) is 5.38 Å². The lowest BCUT2D eigenvalue weighted by molar-refractivity contribution is -0.274. The lowest BCUT2D eigenvalue weighted by Gasteiger charge is -2.09. The van der Waals surface area contributed by atoms with Crippen LogP contribution in [0, 0.1) is 0 Å². The van der Waals surface area contributed by atoms with Gasteiger partial charge in [0.05, 0.1) is 11.4 Å². The molecule has 0 saturated heterocycles. The third kappa shape index (κ3) is 5.18. The van der Waals surface area contributed by atoms with E-state index in [1.165, 1.54) is 34.8 Å². The molecule has 1 aromatic carbocycles. The smallest absolute Gasteiger partial charge is 0.406 e. The number of carbonyl (C=O) groups excluding carboxylic acids is 2. The average molecular weight is 411 g/mol. The summed E-state index contributed by atoms with van der Waals surface area (Å²) in [6.07, 6.45) is -4.78. The molecule has 0 atom stereocenters. The molecule has 140 valence electrons. The highest BCUT2D eigenvalue weighted by atomic mass is 32.1. The van der Waals surface area contributed by atoms with E-state index in [2.05, 4.69) is 10.1 Å². The van der Waals surface area contributed by atoms with Crippen LogP contribution in [0.1, 0.15) is 30.5 Å². The zero-order valence-electron chi connectivity index (χ0n) is 13.6. The van der Waals surface area contributed by atoms with E-state index in [4.69, 9.17) is 0 Å². The van der Waals surface area contributed by atoms with Crippen LogP contribution in [0.15, 0.2) is 53.2 Å². The minimum absolute atomic E-state index is 0.0703. The molecule has 1 amide bonds. The van der Waals surface area contributed by atoms with Gasteiger partial charge in [-0.05, 0) is 47.8 Å². The van der Waals surface area contributed by atoms with E-state index in [9.17, 15) is 22.8 Å². The molecule has 0 radical (unpaired) electrons. The summed E-state index contributed by atoms with van der Waals surface area (Å²) in [5.74, 6) is -0.902. The van der Waals surface area contributed by atoms with E-state index in [0.717, 1.165) is 17.0 Å². The molecule has 1 N–H and O–H groups in total. The van der Waals surface area contributed by atoms with Gasteiger partial charge in [-0.3, -0.25) is 9.59 Å². The maximum absolute atomic E-state index is 12.2. The summed E-state index contributed by atoms with van der Waals surface area (Å²) in [5.41, 5.74) is 0.828. The summed E-state index contributed by atoms with van der Waals surface area (Å²) in [6.45, 7) is 0.210. The number of carbonyl (C=O) groups is 2. The lowest BCUT2D eigenvalue weighted by atomic mass is 10.2. The third-order valence-corrected chi connectivity index (χ3v) is 5.21. The van der Waals surface area contributed by atoms with Crippen molar-refractivity contribution in [2.45, 2.75) is 12.9 Å². The van der Waals surface area contributed by atoms with Gasteiger partial charge in [-0.2, -0.15) is 11.3 Å². The van der Waals surface area contributed by atoms with Crippen molar-refractivity contribution in [1.29, 1.82) is 0 Å². The monoisotopic (exact) mass is 411 g/mol. The lowest BCUT2D eigenvalue weighted by Crippen LogP contribution is -2.22. The minimum Gasteiger partial charge on any atom is -0.406 e. The Morgan fingerprint density at radius 3 is 2.37 bits per heavy atom. The van der Waals surface area contributed by atoms with Crippen molar-refractivity contribution in [2.24, 2.45) is 0 Å². The Kier molecular flexibility index (Phi) is 5.62. The first kappa shape index (κ1) is 19.1. The summed E-state index contributed by atoms with van der Waals surface area (Å²) in [5, 5.41) is 6.27. The summed E-state index contributed by atoms with van der Waals surface area (Å²) >= 11 is 2.72. The molecule has 0 aliphatic rings. The highest BCUT2D eigenvalue weighted by molar-refractivity contribution is 7.14. The Labute approximate surface area is 160 Å². The molecule has 9 heteroatoms. The fraction of sp³-hybridized carbons (Fsp3) is 0.111. The molecule has 0 spiro atoms. The molecule has 2 aromatic heterocycles. The molecule has 0 bridgehead atoms. The maximum Gasteiger partial charge on any atom is 0.573 e. The number of ether oxygens (including phenoxy) is 1. The predicted octanol–water partition coefficient (Wildman–Crippen LogP) is 4.87. The molecule has 0 aliphatic heterocycles. The second-order valence-corrected chi connectivity index (χ2v) is 7.31. The Morgan fingerprint density at radius 1 is 1.00 bits per heavy atom. The van der Waals surface area contributed by atoms with Gasteiger partial charge in [0.2, 0.25) is 5.78 Å². The number of nitrogens with one attached hydrogen (secondary N) is 1. The molecule has 4 nitrogen and oxygen atoms in total. The van der Waals surface area contributed by atoms with Crippen LogP contribution in [-0.2, 0) is 6.54 Å². The predicted molar refractivity (Wildman–Crippen MR) is 96.4 cm³/mol. The molecular formula is C18H12F3NO3S2. The minimum atomic E-state index is -4.78. The second kappa shape index (κ2) is 7.93. The number of alkyl halides is 3. The number of halogens is 3. The largest absolute Gasteiger partial charge is 0.573 e. The number of amides is 1. The topological polar surface area (TPSA) is 55.4 Å². The van der Waals surface area contributed by atoms with Gasteiger partial charge in [0.15, 0.2) is 0 Å². The van der Waals surface area contributed by atoms with Gasteiger partial charge in [0.25, 0.3) is 5.91 Å². The van der Waals surface area contributed by atoms with Crippen LogP contribution in [0.4, 0.5) is 13.2 Å². The quantitative estimate of drug-likeness (QED) is 0.589. The SMILES string of the molecule is O=C(NCc1ccc(C(=O)c2ccsc2)s1)c1ccc(OC(F)(F)F)cc1. The Morgan fingerprint density at radius 2 is 1.74 bits per heavy atom. The molecule has 0 fully saturated rings. The molecule has 3 aromatic rings. The number of thiophene rings is 2. The van der Waals surface area contributed by atoms with E-state index in [-0.39, 0.29) is 17.9 Å². The molecule has 3 rings (SSSR count). The van der Waals surface area contributed by atoms with Gasteiger partial charge in [-0.1, -0.05) is 0 Å². The van der Waals surface area contributed by atoms with Crippen molar-refractivity contribution < 1.29 is 27.5 Å². The van der Waals surface area contributed by atoms with Gasteiger partial charge < -0.3 is 10.1 Å². The number of benzene rings is 1. The Balaban J connectivity index is 1.57. The Hall–Kier alpha value is -2.65. The fourth-order valence-corrected chi connectivity index (χ4v) is 3.75. The van der Waals surface area contributed by atoms with Crippen LogP contribution in [0.2, 0.25) is 0 Å². The van der Waals surface area contributed by atoms with Crippen molar-refractivity contribution in [3.63, 3.8) is 0 Å². The summed E-state index contributed by atoms with van der Waals surface area (Å²) in [6, 6.07) is 9.85. The maximum atomic E-state index is 12.2. The number of ketones is 1. The van der Waals surface area contributed by atoms with Gasteiger partial charge in [0, 0.05) is 21.4 Å². The summed E-state index contributed by atoms with van der Waals surface area (Å²) < 4.78 is 40.2. The highest BCUT2D eigenvalue weighted by Crippen LogP contribution is 2.23. The van der Waals surface area contributed by atoms with Crippen LogP contribution >= 0.6 is 22.7 Å². The van der Waals surface area contributed by atoms with Crippen molar-refractivity contribution in [1.82, 2.24) is 5.32 Å². The third-order valence-electron chi connectivity index (χ3n) is 3.44. The normalized spacial score (nSPS) is 11.2. The summed E-state index contributed by atoms with van der Waals surface area (Å²) in [4.78, 5) is 25.7. The number of rotatable bonds is 6. The van der Waals surface area contributed by atoms with Crippen molar-refractivity contribution in [2.75, 3.05) is 0 Å². The average Bonchev–Trinajstić information content (AvgIpc) is 3.30. The van der Waals surface area contributed by atoms with E-state index in [1.54, 1.807) is 23.6 Å². The van der Waals surface area contributed by atoms with Crippen molar-refractivity contribution in [3.8, 4) is 5.75 Å². The molecule has 0 unspecified atom stereocenters. The van der Waals surface area contributed by atoms with Crippen molar-refractivity contribution in [3.05, 3.63) is 74.1 Å². The van der Waals surface area contributed by atoms with Crippen LogP contribution < -0.4 is 10.1 Å². The van der Waals surface area contributed by atoms with E-state index < -0.39 is 18.0 Å². The van der Waals surface area contributed by atoms with Gasteiger partial charge in [0.1, 0.15) is 5.75 Å². The van der Waals surface area contributed by atoms with Crippen LogP contribution in [0.25, 0.3) is 0 Å². The van der Waals surface area contributed by atoms with Crippen LogP contribution in [-0.4, -0.2) is 18.1 Å². The zero-order valence-corrected chi connectivity index (χ0v) is 15.2.